The van der Waals surface area contributed by atoms with Gasteiger partial charge in [0.05, 0.1) is 16.8 Å². The zero-order chi connectivity index (χ0) is 20.1. The van der Waals surface area contributed by atoms with E-state index in [1.54, 1.807) is 27.7 Å². The van der Waals surface area contributed by atoms with Crippen molar-refractivity contribution < 1.29 is 14.7 Å². The molecule has 3 aliphatic rings. The van der Waals surface area contributed by atoms with Crippen molar-refractivity contribution in [3.63, 3.8) is 0 Å². The highest BCUT2D eigenvalue weighted by Crippen LogP contribution is 2.44. The molecule has 2 aliphatic heterocycles. The summed E-state index contributed by atoms with van der Waals surface area (Å²) in [5, 5.41) is 10.1. The molecule has 0 bridgehead atoms. The Bertz CT molecular complexity index is 1060. The van der Waals surface area contributed by atoms with Gasteiger partial charge in [-0.15, -0.1) is 0 Å². The van der Waals surface area contributed by atoms with Gasteiger partial charge in [0.1, 0.15) is 5.82 Å². The number of hydrogen-bond acceptors (Lipinski definition) is 4. The Hall–Kier alpha value is -2.70. The van der Waals surface area contributed by atoms with Crippen LogP contribution in [-0.2, 0) is 17.8 Å². The Balaban J connectivity index is 1.46. The van der Waals surface area contributed by atoms with Gasteiger partial charge in [0.25, 0.3) is 11.5 Å². The summed E-state index contributed by atoms with van der Waals surface area (Å²) in [4.78, 5) is 44.0. The summed E-state index contributed by atoms with van der Waals surface area (Å²) in [6.45, 7) is 1.46. The highest BCUT2D eigenvalue weighted by molar-refractivity contribution is 5.98. The summed E-state index contributed by atoms with van der Waals surface area (Å²) < 4.78 is 1.77. The second kappa shape index (κ2) is 6.97. The van der Waals surface area contributed by atoms with Crippen molar-refractivity contribution in [1.29, 1.82) is 0 Å². The first-order valence-electron chi connectivity index (χ1n) is 10.6. The van der Waals surface area contributed by atoms with Gasteiger partial charge in [0, 0.05) is 31.6 Å². The lowest BCUT2D eigenvalue weighted by atomic mass is 9.92. The molecule has 1 aromatic carbocycles. The molecule has 3 heterocycles. The van der Waals surface area contributed by atoms with Crippen molar-refractivity contribution in [3.05, 3.63) is 39.9 Å². The van der Waals surface area contributed by atoms with E-state index in [9.17, 15) is 19.5 Å². The number of hydrogen-bond donors (Lipinski definition) is 1. The molecule has 7 nitrogen and oxygen atoms in total. The SMILES string of the molecule is O=C(O)[C@H]1CN(C(=O)c2ccc3c(=O)n4c(nc3c2)CCCCC4)C[C@@H]1C1CC1. The molecule has 2 atom stereocenters. The lowest BCUT2D eigenvalue weighted by Crippen LogP contribution is -2.30. The summed E-state index contributed by atoms with van der Waals surface area (Å²) >= 11 is 0. The van der Waals surface area contributed by atoms with Gasteiger partial charge in [-0.2, -0.15) is 0 Å². The molecule has 152 valence electrons. The molecule has 1 saturated carbocycles. The van der Waals surface area contributed by atoms with Gasteiger partial charge in [0.2, 0.25) is 0 Å². The number of carboxylic acid groups (broad SMARTS) is 1. The van der Waals surface area contributed by atoms with Gasteiger partial charge in [0.15, 0.2) is 0 Å². The van der Waals surface area contributed by atoms with Crippen molar-refractivity contribution in [3.8, 4) is 0 Å². The molecular formula is C22H25N3O4. The van der Waals surface area contributed by atoms with Gasteiger partial charge in [-0.25, -0.2) is 4.98 Å². The summed E-state index contributed by atoms with van der Waals surface area (Å²) in [6.07, 6.45) is 5.99. The van der Waals surface area contributed by atoms with E-state index in [-0.39, 0.29) is 23.9 Å². The Morgan fingerprint density at radius 2 is 1.93 bits per heavy atom. The summed E-state index contributed by atoms with van der Waals surface area (Å²) in [7, 11) is 0. The van der Waals surface area contributed by atoms with E-state index in [1.807, 2.05) is 0 Å². The molecule has 1 saturated heterocycles. The number of aromatic nitrogens is 2. The van der Waals surface area contributed by atoms with E-state index in [0.29, 0.717) is 35.5 Å². The maximum absolute atomic E-state index is 13.1. The largest absolute Gasteiger partial charge is 0.481 e. The normalized spacial score (nSPS) is 24.3. The third-order valence-corrected chi connectivity index (χ3v) is 6.76. The van der Waals surface area contributed by atoms with E-state index >= 15 is 0 Å². The van der Waals surface area contributed by atoms with Gasteiger partial charge >= 0.3 is 5.97 Å². The number of nitrogens with zero attached hydrogens (tertiary/aromatic N) is 3. The van der Waals surface area contributed by atoms with Crippen molar-refractivity contribution in [2.45, 2.75) is 45.1 Å². The predicted octanol–water partition coefficient (Wildman–Crippen LogP) is 2.31. The number of carbonyl (C=O) groups excluding carboxylic acids is 1. The molecule has 5 rings (SSSR count). The molecular weight excluding hydrogens is 370 g/mol. The smallest absolute Gasteiger partial charge is 0.308 e. The highest BCUT2D eigenvalue weighted by Gasteiger charge is 2.46. The Morgan fingerprint density at radius 3 is 2.69 bits per heavy atom. The molecule has 1 aromatic heterocycles. The number of benzene rings is 1. The number of carbonyl (C=O) groups is 2. The van der Waals surface area contributed by atoms with Crippen LogP contribution in [0.5, 0.6) is 0 Å². The van der Waals surface area contributed by atoms with Gasteiger partial charge < -0.3 is 10.0 Å². The van der Waals surface area contributed by atoms with Crippen LogP contribution in [0.25, 0.3) is 10.9 Å². The maximum Gasteiger partial charge on any atom is 0.308 e. The van der Waals surface area contributed by atoms with Crippen LogP contribution in [0.1, 0.15) is 48.3 Å². The Morgan fingerprint density at radius 1 is 1.10 bits per heavy atom. The zero-order valence-electron chi connectivity index (χ0n) is 16.3. The number of amides is 1. The van der Waals surface area contributed by atoms with Crippen LogP contribution >= 0.6 is 0 Å². The van der Waals surface area contributed by atoms with Crippen LogP contribution in [-0.4, -0.2) is 44.5 Å². The molecule has 0 unspecified atom stereocenters. The number of carboxylic acids is 1. The minimum absolute atomic E-state index is 0.0354. The van der Waals surface area contributed by atoms with E-state index < -0.39 is 11.9 Å². The Labute approximate surface area is 168 Å². The van der Waals surface area contributed by atoms with E-state index in [1.165, 1.54) is 0 Å². The number of aryl methyl sites for hydroxylation is 1. The zero-order valence-corrected chi connectivity index (χ0v) is 16.3. The van der Waals surface area contributed by atoms with Crippen molar-refractivity contribution >= 4 is 22.8 Å². The number of aliphatic carboxylic acids is 1. The van der Waals surface area contributed by atoms with Crippen LogP contribution in [0, 0.1) is 17.8 Å². The summed E-state index contributed by atoms with van der Waals surface area (Å²) in [6, 6.07) is 5.07. The molecule has 2 fully saturated rings. The van der Waals surface area contributed by atoms with Crippen LogP contribution in [0.3, 0.4) is 0 Å². The molecule has 1 aliphatic carbocycles. The lowest BCUT2D eigenvalue weighted by molar-refractivity contribution is -0.142. The van der Waals surface area contributed by atoms with Crippen LogP contribution in [0.2, 0.25) is 0 Å². The molecule has 7 heteroatoms. The molecule has 1 N–H and O–H groups in total. The first-order chi connectivity index (χ1) is 14.0. The van der Waals surface area contributed by atoms with Crippen molar-refractivity contribution in [2.75, 3.05) is 13.1 Å². The number of fused-ring (bicyclic) bond motifs is 2. The van der Waals surface area contributed by atoms with Gasteiger partial charge in [-0.05, 0) is 55.7 Å². The van der Waals surface area contributed by atoms with Crippen molar-refractivity contribution in [1.82, 2.24) is 14.5 Å². The topological polar surface area (TPSA) is 92.5 Å². The van der Waals surface area contributed by atoms with Gasteiger partial charge in [-0.1, -0.05) is 6.42 Å². The number of rotatable bonds is 3. The molecule has 29 heavy (non-hydrogen) atoms. The number of likely N-dealkylation sites (tertiary alicyclic amines) is 1. The fourth-order valence-electron chi connectivity index (χ4n) is 4.99. The standard InChI is InChI=1S/C22H25N3O4/c26-20(24-11-16(13-5-6-13)17(12-24)22(28)29)14-7-8-15-18(10-14)23-19-4-2-1-3-9-25(19)21(15)27/h7-8,10,13,16-17H,1-6,9,11-12H2,(H,28,29)/t16-,17+/m1/s1. The average molecular weight is 395 g/mol. The molecule has 2 aromatic rings. The third-order valence-electron chi connectivity index (χ3n) is 6.76. The third kappa shape index (κ3) is 3.22. The molecule has 0 radical (unpaired) electrons. The highest BCUT2D eigenvalue weighted by atomic mass is 16.4. The fourth-order valence-corrected chi connectivity index (χ4v) is 4.99. The minimum atomic E-state index is -0.812. The Kier molecular flexibility index (Phi) is 4.41. The van der Waals surface area contributed by atoms with Crippen LogP contribution in [0.4, 0.5) is 0 Å². The van der Waals surface area contributed by atoms with Crippen molar-refractivity contribution in [2.24, 2.45) is 17.8 Å². The van der Waals surface area contributed by atoms with E-state index in [0.717, 1.165) is 44.3 Å². The quantitative estimate of drug-likeness (QED) is 0.861. The fraction of sp³-hybridized carbons (Fsp3) is 0.545. The molecule has 0 spiro atoms. The van der Waals surface area contributed by atoms with Crippen LogP contribution < -0.4 is 5.56 Å². The minimum Gasteiger partial charge on any atom is -0.481 e. The first kappa shape index (κ1) is 18.3. The summed E-state index contributed by atoms with van der Waals surface area (Å²) in [5.74, 6) is -0.180. The van der Waals surface area contributed by atoms with Gasteiger partial charge in [-0.3, -0.25) is 19.0 Å². The first-order valence-corrected chi connectivity index (χ1v) is 10.6. The maximum atomic E-state index is 13.1. The van der Waals surface area contributed by atoms with Crippen LogP contribution in [0.15, 0.2) is 23.0 Å². The predicted molar refractivity (Wildman–Crippen MR) is 107 cm³/mol. The second-order valence-corrected chi connectivity index (χ2v) is 8.68. The van der Waals surface area contributed by atoms with E-state index in [4.69, 9.17) is 4.98 Å². The second-order valence-electron chi connectivity index (χ2n) is 8.68. The molecule has 1 amide bonds. The van der Waals surface area contributed by atoms with E-state index in [2.05, 4.69) is 0 Å². The average Bonchev–Trinajstić information content (AvgIpc) is 3.50. The lowest BCUT2D eigenvalue weighted by Gasteiger charge is -2.17. The monoisotopic (exact) mass is 395 g/mol. The summed E-state index contributed by atoms with van der Waals surface area (Å²) in [5.41, 5.74) is 0.997.